The highest BCUT2D eigenvalue weighted by atomic mass is 16.6. The molecule has 0 aliphatic carbocycles. The van der Waals surface area contributed by atoms with E-state index in [9.17, 15) is 14.4 Å². The van der Waals surface area contributed by atoms with Crippen LogP contribution >= 0.6 is 0 Å². The van der Waals surface area contributed by atoms with Gasteiger partial charge in [-0.15, -0.1) is 0 Å². The van der Waals surface area contributed by atoms with Crippen molar-refractivity contribution in [2.24, 2.45) is 0 Å². The minimum absolute atomic E-state index is 0.116. The maximum Gasteiger partial charge on any atom is 0.306 e. The van der Waals surface area contributed by atoms with Gasteiger partial charge in [-0.1, -0.05) is 214 Å². The van der Waals surface area contributed by atoms with Gasteiger partial charge in [0, 0.05) is 19.3 Å². The summed E-state index contributed by atoms with van der Waals surface area (Å²) < 4.78 is 16.8. The zero-order valence-corrected chi connectivity index (χ0v) is 43.4. The van der Waals surface area contributed by atoms with Crippen molar-refractivity contribution in [3.63, 3.8) is 0 Å². The van der Waals surface area contributed by atoms with Crippen molar-refractivity contribution in [1.82, 2.24) is 0 Å². The van der Waals surface area contributed by atoms with E-state index in [0.29, 0.717) is 19.3 Å². The summed E-state index contributed by atoms with van der Waals surface area (Å²) in [5.74, 6) is -1.01. The fraction of sp³-hybridized carbons (Fsp3) is 0.656. The minimum Gasteiger partial charge on any atom is -0.462 e. The maximum absolute atomic E-state index is 12.8. The number of unbranched alkanes of at least 4 members (excludes halogenated alkanes) is 20. The molecule has 1 unspecified atom stereocenters. The molecular weight excluding hydrogens is 829 g/mol. The van der Waals surface area contributed by atoms with Crippen molar-refractivity contribution < 1.29 is 28.6 Å². The van der Waals surface area contributed by atoms with Crippen LogP contribution in [0.15, 0.2) is 109 Å². The fourth-order valence-corrected chi connectivity index (χ4v) is 7.14. The first-order valence-electron chi connectivity index (χ1n) is 27.4. The van der Waals surface area contributed by atoms with Crippen LogP contribution in [0.4, 0.5) is 0 Å². The van der Waals surface area contributed by atoms with E-state index < -0.39 is 6.10 Å². The van der Waals surface area contributed by atoms with E-state index >= 15 is 0 Å². The van der Waals surface area contributed by atoms with Crippen molar-refractivity contribution in [2.45, 2.75) is 245 Å². The maximum atomic E-state index is 12.8. The van der Waals surface area contributed by atoms with E-state index in [1.54, 1.807) is 0 Å². The molecule has 0 aliphatic rings. The zero-order valence-electron chi connectivity index (χ0n) is 43.4. The summed E-state index contributed by atoms with van der Waals surface area (Å²) in [5.41, 5.74) is 0. The van der Waals surface area contributed by atoms with Gasteiger partial charge in [-0.2, -0.15) is 0 Å². The number of hydrogen-bond donors (Lipinski definition) is 0. The number of rotatable bonds is 48. The molecule has 0 saturated carbocycles. The first-order chi connectivity index (χ1) is 33.0. The Morgan fingerprint density at radius 2 is 0.642 bits per heavy atom. The van der Waals surface area contributed by atoms with Crippen LogP contribution in [0.1, 0.15) is 239 Å². The van der Waals surface area contributed by atoms with Crippen molar-refractivity contribution in [3.8, 4) is 0 Å². The molecule has 0 spiro atoms. The van der Waals surface area contributed by atoms with Crippen LogP contribution in [0, 0.1) is 0 Å². The number of carbonyl (C=O) groups excluding carboxylic acids is 3. The molecule has 0 aliphatic heterocycles. The first-order valence-corrected chi connectivity index (χ1v) is 27.4. The van der Waals surface area contributed by atoms with Gasteiger partial charge in [-0.25, -0.2) is 0 Å². The Morgan fingerprint density at radius 3 is 1.10 bits per heavy atom. The van der Waals surface area contributed by atoms with Crippen LogP contribution in [0.2, 0.25) is 0 Å². The van der Waals surface area contributed by atoms with Crippen LogP contribution in [-0.2, 0) is 28.6 Å². The molecule has 0 amide bonds. The molecule has 67 heavy (non-hydrogen) atoms. The Hall–Kier alpha value is -3.93. The van der Waals surface area contributed by atoms with Gasteiger partial charge in [0.1, 0.15) is 13.2 Å². The zero-order chi connectivity index (χ0) is 48.6. The summed E-state index contributed by atoms with van der Waals surface area (Å²) in [7, 11) is 0. The van der Waals surface area contributed by atoms with Crippen LogP contribution in [0.25, 0.3) is 0 Å². The van der Waals surface area contributed by atoms with E-state index in [1.165, 1.54) is 83.5 Å². The summed E-state index contributed by atoms with van der Waals surface area (Å²) in [5, 5.41) is 0. The number of ether oxygens (including phenoxy) is 3. The Morgan fingerprint density at radius 1 is 0.328 bits per heavy atom. The number of esters is 3. The lowest BCUT2D eigenvalue weighted by atomic mass is 10.1. The smallest absolute Gasteiger partial charge is 0.306 e. The average molecular weight is 929 g/mol. The second-order valence-electron chi connectivity index (χ2n) is 17.8. The van der Waals surface area contributed by atoms with Gasteiger partial charge in [0.05, 0.1) is 0 Å². The lowest BCUT2D eigenvalue weighted by Crippen LogP contribution is -2.30. The number of carbonyl (C=O) groups is 3. The Balaban J connectivity index is 4.55. The summed E-state index contributed by atoms with van der Waals surface area (Å²) >= 11 is 0. The molecular formula is C61H100O6. The third kappa shape index (κ3) is 52.9. The van der Waals surface area contributed by atoms with Gasteiger partial charge in [0.2, 0.25) is 0 Å². The highest BCUT2D eigenvalue weighted by Crippen LogP contribution is 2.13. The monoisotopic (exact) mass is 929 g/mol. The van der Waals surface area contributed by atoms with Crippen LogP contribution in [0.3, 0.4) is 0 Å². The number of allylic oxidation sites excluding steroid dienone is 18. The molecule has 6 heteroatoms. The summed E-state index contributed by atoms with van der Waals surface area (Å²) in [4.78, 5) is 38.1. The molecule has 0 aromatic rings. The third-order valence-electron chi connectivity index (χ3n) is 11.3. The molecule has 0 fully saturated rings. The normalized spacial score (nSPS) is 12.9. The topological polar surface area (TPSA) is 78.9 Å². The van der Waals surface area contributed by atoms with Gasteiger partial charge in [0.15, 0.2) is 6.10 Å². The third-order valence-corrected chi connectivity index (χ3v) is 11.3. The Labute approximate surface area is 412 Å². The number of hydrogen-bond acceptors (Lipinski definition) is 6. The van der Waals surface area contributed by atoms with Crippen molar-refractivity contribution in [3.05, 3.63) is 109 Å². The van der Waals surface area contributed by atoms with E-state index in [1.807, 2.05) is 0 Å². The molecule has 0 aromatic heterocycles. The predicted octanol–water partition coefficient (Wildman–Crippen LogP) is 18.3. The molecule has 0 bridgehead atoms. The van der Waals surface area contributed by atoms with Gasteiger partial charge >= 0.3 is 17.9 Å². The quantitative estimate of drug-likeness (QED) is 0.0199. The first kappa shape index (κ1) is 63.1. The molecule has 6 nitrogen and oxygen atoms in total. The van der Waals surface area contributed by atoms with Gasteiger partial charge < -0.3 is 14.2 Å². The second kappa shape index (κ2) is 54.7. The molecule has 0 saturated heterocycles. The SMILES string of the molecule is CC/C=C\C/C=C\C/C=C\CCCCCCCCC(=O)OC(COC(=O)CCC/C=C\C/C=C\C/C=C\C/C=C\CCCCC)COC(=O)CCCCC/C=C\C=C/CCCCCCCCC. The molecule has 1 atom stereocenters. The summed E-state index contributed by atoms with van der Waals surface area (Å²) in [6, 6.07) is 0. The highest BCUT2D eigenvalue weighted by molar-refractivity contribution is 5.71. The summed E-state index contributed by atoms with van der Waals surface area (Å²) in [6.07, 6.45) is 73.6. The van der Waals surface area contributed by atoms with Crippen LogP contribution in [0.5, 0.6) is 0 Å². The second-order valence-corrected chi connectivity index (χ2v) is 17.8. The molecule has 0 N–H and O–H groups in total. The Kier molecular flexibility index (Phi) is 51.5. The largest absolute Gasteiger partial charge is 0.462 e. The average Bonchev–Trinajstić information content (AvgIpc) is 3.33. The molecule has 0 rings (SSSR count). The summed E-state index contributed by atoms with van der Waals surface area (Å²) in [6.45, 7) is 6.41. The van der Waals surface area contributed by atoms with E-state index in [4.69, 9.17) is 14.2 Å². The van der Waals surface area contributed by atoms with Crippen LogP contribution in [-0.4, -0.2) is 37.2 Å². The predicted molar refractivity (Wildman–Crippen MR) is 288 cm³/mol. The lowest BCUT2D eigenvalue weighted by Gasteiger charge is -2.18. The van der Waals surface area contributed by atoms with Crippen LogP contribution < -0.4 is 0 Å². The van der Waals surface area contributed by atoms with Crippen molar-refractivity contribution >= 4 is 17.9 Å². The molecule has 380 valence electrons. The van der Waals surface area contributed by atoms with E-state index in [0.717, 1.165) is 109 Å². The minimum atomic E-state index is -0.820. The van der Waals surface area contributed by atoms with Gasteiger partial charge in [-0.05, 0) is 116 Å². The van der Waals surface area contributed by atoms with Crippen molar-refractivity contribution in [2.75, 3.05) is 13.2 Å². The van der Waals surface area contributed by atoms with Gasteiger partial charge in [0.25, 0.3) is 0 Å². The van der Waals surface area contributed by atoms with E-state index in [-0.39, 0.29) is 37.5 Å². The van der Waals surface area contributed by atoms with Gasteiger partial charge in [-0.3, -0.25) is 14.4 Å². The lowest BCUT2D eigenvalue weighted by molar-refractivity contribution is -0.167. The molecule has 0 aromatic carbocycles. The highest BCUT2D eigenvalue weighted by Gasteiger charge is 2.19. The van der Waals surface area contributed by atoms with Crippen molar-refractivity contribution in [1.29, 1.82) is 0 Å². The molecule has 0 radical (unpaired) electrons. The molecule has 0 heterocycles. The fourth-order valence-electron chi connectivity index (χ4n) is 7.14. The Bertz CT molecular complexity index is 1390. The van der Waals surface area contributed by atoms with E-state index in [2.05, 4.69) is 130 Å². The standard InChI is InChI=1S/C61H100O6/c1-4-7-10-13-16-19-22-25-28-31-34-36-39-42-45-48-51-54-60(63)66-57-58(67-61(64)55-52-49-46-43-40-37-33-30-27-24-21-18-15-12-9-6-3)56-65-59(62)53-50-47-44-41-38-35-32-29-26-23-20-17-14-11-8-5-2/h9,12,16,18-19,21,25,27-30,32,34-36,38,42,45,58H,4-8,10-11,13-15,17,20,22-24,26,31,33,37,39-41,43-44,46-57H2,1-3H3/b12-9-,19-16-,21-18-,28-25-,30-27-,32-29-,36-34-,38-35-,45-42-.